The van der Waals surface area contributed by atoms with Crippen LogP contribution >= 0.6 is 0 Å². The maximum atomic E-state index is 5.89. The summed E-state index contributed by atoms with van der Waals surface area (Å²) in [6.45, 7) is 3.70. The zero-order valence-corrected chi connectivity index (χ0v) is 8.58. The lowest BCUT2D eigenvalue weighted by Crippen LogP contribution is -2.22. The first kappa shape index (κ1) is 9.53. The van der Waals surface area contributed by atoms with Gasteiger partial charge in [-0.15, -0.1) is 0 Å². The smallest absolute Gasteiger partial charge is 0.0347 e. The standard InChI is InChI=1S/C12H18N2/c13-12-6-2-1-5-11(12)7-10-14-8-3-4-9-14/h1-2,5-6H,3-4,7-10,13H2. The molecule has 1 aliphatic rings. The molecule has 0 atom stereocenters. The summed E-state index contributed by atoms with van der Waals surface area (Å²) in [6, 6.07) is 8.18. The fourth-order valence-electron chi connectivity index (χ4n) is 2.05. The third-order valence-corrected chi connectivity index (χ3v) is 2.95. The molecule has 0 amide bonds. The van der Waals surface area contributed by atoms with Gasteiger partial charge in [-0.3, -0.25) is 0 Å². The number of benzene rings is 1. The summed E-state index contributed by atoms with van der Waals surface area (Å²) in [4.78, 5) is 2.52. The Morgan fingerprint density at radius 2 is 1.86 bits per heavy atom. The summed E-state index contributed by atoms with van der Waals surface area (Å²) < 4.78 is 0. The first-order chi connectivity index (χ1) is 6.86. The first-order valence-electron chi connectivity index (χ1n) is 5.42. The number of nitrogens with zero attached hydrogens (tertiary/aromatic N) is 1. The zero-order chi connectivity index (χ0) is 9.80. The predicted octanol–water partition coefficient (Wildman–Crippen LogP) is 1.91. The van der Waals surface area contributed by atoms with E-state index in [9.17, 15) is 0 Å². The molecule has 1 aromatic carbocycles. The fourth-order valence-corrected chi connectivity index (χ4v) is 2.05. The molecule has 0 aliphatic carbocycles. The van der Waals surface area contributed by atoms with Crippen molar-refractivity contribution in [3.63, 3.8) is 0 Å². The SMILES string of the molecule is Nc1ccccc1CCN1CCCC1. The van der Waals surface area contributed by atoms with Crippen LogP contribution in [0, 0.1) is 0 Å². The van der Waals surface area contributed by atoms with Crippen molar-refractivity contribution in [1.82, 2.24) is 4.90 Å². The average molecular weight is 190 g/mol. The van der Waals surface area contributed by atoms with E-state index in [2.05, 4.69) is 17.0 Å². The first-order valence-corrected chi connectivity index (χ1v) is 5.42. The molecule has 2 nitrogen and oxygen atoms in total. The second kappa shape index (κ2) is 4.47. The van der Waals surface area contributed by atoms with Gasteiger partial charge < -0.3 is 10.6 Å². The monoisotopic (exact) mass is 190 g/mol. The van der Waals surface area contributed by atoms with Gasteiger partial charge in [0.1, 0.15) is 0 Å². The molecule has 1 aliphatic heterocycles. The molecule has 2 N–H and O–H groups in total. The minimum absolute atomic E-state index is 0.937. The summed E-state index contributed by atoms with van der Waals surface area (Å²) in [7, 11) is 0. The molecule has 14 heavy (non-hydrogen) atoms. The molecule has 2 rings (SSSR count). The number of nitrogen functional groups attached to an aromatic ring is 1. The van der Waals surface area contributed by atoms with Crippen LogP contribution in [0.2, 0.25) is 0 Å². The van der Waals surface area contributed by atoms with E-state index in [0.29, 0.717) is 0 Å². The number of nitrogens with two attached hydrogens (primary N) is 1. The minimum atomic E-state index is 0.937. The van der Waals surface area contributed by atoms with Crippen LogP contribution in [0.15, 0.2) is 24.3 Å². The van der Waals surface area contributed by atoms with Crippen LogP contribution in [0.3, 0.4) is 0 Å². The van der Waals surface area contributed by atoms with Crippen molar-refractivity contribution in [3.8, 4) is 0 Å². The Morgan fingerprint density at radius 3 is 2.57 bits per heavy atom. The highest BCUT2D eigenvalue weighted by molar-refractivity contribution is 5.46. The Kier molecular flexibility index (Phi) is 3.04. The Hall–Kier alpha value is -1.02. The van der Waals surface area contributed by atoms with Crippen molar-refractivity contribution >= 4 is 5.69 Å². The van der Waals surface area contributed by atoms with Gasteiger partial charge in [0.25, 0.3) is 0 Å². The molecule has 0 saturated carbocycles. The van der Waals surface area contributed by atoms with Crippen LogP contribution in [0.1, 0.15) is 18.4 Å². The van der Waals surface area contributed by atoms with E-state index in [1.54, 1.807) is 0 Å². The third kappa shape index (κ3) is 2.26. The van der Waals surface area contributed by atoms with Gasteiger partial charge >= 0.3 is 0 Å². The molecule has 1 aromatic rings. The predicted molar refractivity (Wildman–Crippen MR) is 60.2 cm³/mol. The molecule has 1 fully saturated rings. The van der Waals surface area contributed by atoms with Crippen molar-refractivity contribution in [2.24, 2.45) is 0 Å². The van der Waals surface area contributed by atoms with Gasteiger partial charge in [-0.2, -0.15) is 0 Å². The third-order valence-electron chi connectivity index (χ3n) is 2.95. The Labute approximate surface area is 85.7 Å². The van der Waals surface area contributed by atoms with Crippen LogP contribution in [0.5, 0.6) is 0 Å². The number of likely N-dealkylation sites (tertiary alicyclic amines) is 1. The highest BCUT2D eigenvalue weighted by Gasteiger charge is 2.11. The molecule has 0 bridgehead atoms. The normalized spacial score (nSPS) is 17.4. The van der Waals surface area contributed by atoms with Crippen LogP contribution in [-0.4, -0.2) is 24.5 Å². The minimum Gasteiger partial charge on any atom is -0.399 e. The second-order valence-electron chi connectivity index (χ2n) is 4.00. The lowest BCUT2D eigenvalue weighted by atomic mass is 10.1. The van der Waals surface area contributed by atoms with Crippen LogP contribution < -0.4 is 5.73 Å². The van der Waals surface area contributed by atoms with E-state index in [1.165, 1.54) is 31.5 Å². The summed E-state index contributed by atoms with van der Waals surface area (Å²) in [5.74, 6) is 0. The lowest BCUT2D eigenvalue weighted by Gasteiger charge is -2.14. The average Bonchev–Trinajstić information content (AvgIpc) is 2.69. The second-order valence-corrected chi connectivity index (χ2v) is 4.00. The summed E-state index contributed by atoms with van der Waals surface area (Å²) in [5, 5.41) is 0. The largest absolute Gasteiger partial charge is 0.399 e. The highest BCUT2D eigenvalue weighted by Crippen LogP contribution is 2.13. The van der Waals surface area contributed by atoms with Crippen LogP contribution in [-0.2, 0) is 6.42 Å². The molecule has 0 aromatic heterocycles. The summed E-state index contributed by atoms with van der Waals surface area (Å²) >= 11 is 0. The van der Waals surface area contributed by atoms with E-state index < -0.39 is 0 Å². The lowest BCUT2D eigenvalue weighted by molar-refractivity contribution is 0.343. The van der Waals surface area contributed by atoms with Crippen molar-refractivity contribution in [1.29, 1.82) is 0 Å². The van der Waals surface area contributed by atoms with Crippen molar-refractivity contribution in [3.05, 3.63) is 29.8 Å². The molecule has 1 heterocycles. The molecule has 1 saturated heterocycles. The van der Waals surface area contributed by atoms with Crippen molar-refractivity contribution in [2.45, 2.75) is 19.3 Å². The molecular weight excluding hydrogens is 172 g/mol. The molecule has 2 heteroatoms. The van der Waals surface area contributed by atoms with Crippen LogP contribution in [0.4, 0.5) is 5.69 Å². The number of anilines is 1. The van der Waals surface area contributed by atoms with E-state index in [0.717, 1.165) is 18.7 Å². The zero-order valence-electron chi connectivity index (χ0n) is 8.58. The Bertz CT molecular complexity index is 290. The van der Waals surface area contributed by atoms with Gasteiger partial charge in [-0.05, 0) is 44.0 Å². The number of hydrogen-bond donors (Lipinski definition) is 1. The van der Waals surface area contributed by atoms with Gasteiger partial charge in [-0.1, -0.05) is 18.2 Å². The Morgan fingerprint density at radius 1 is 1.14 bits per heavy atom. The number of para-hydroxylation sites is 1. The molecule has 76 valence electrons. The quantitative estimate of drug-likeness (QED) is 0.738. The number of rotatable bonds is 3. The number of hydrogen-bond acceptors (Lipinski definition) is 2. The van der Waals surface area contributed by atoms with Gasteiger partial charge in [-0.25, -0.2) is 0 Å². The Balaban J connectivity index is 1.88. The van der Waals surface area contributed by atoms with E-state index in [1.807, 2.05) is 12.1 Å². The molecular formula is C12H18N2. The molecule has 0 unspecified atom stereocenters. The van der Waals surface area contributed by atoms with E-state index >= 15 is 0 Å². The van der Waals surface area contributed by atoms with Gasteiger partial charge in [0.2, 0.25) is 0 Å². The van der Waals surface area contributed by atoms with E-state index in [-0.39, 0.29) is 0 Å². The van der Waals surface area contributed by atoms with Gasteiger partial charge in [0.05, 0.1) is 0 Å². The van der Waals surface area contributed by atoms with Gasteiger partial charge in [0.15, 0.2) is 0 Å². The molecule has 0 spiro atoms. The summed E-state index contributed by atoms with van der Waals surface area (Å²) in [6.07, 6.45) is 3.82. The van der Waals surface area contributed by atoms with Crippen LogP contribution in [0.25, 0.3) is 0 Å². The fraction of sp³-hybridized carbons (Fsp3) is 0.500. The van der Waals surface area contributed by atoms with Gasteiger partial charge in [0, 0.05) is 12.2 Å². The topological polar surface area (TPSA) is 29.3 Å². The molecule has 0 radical (unpaired) electrons. The summed E-state index contributed by atoms with van der Waals surface area (Å²) in [5.41, 5.74) is 8.11. The van der Waals surface area contributed by atoms with Crippen molar-refractivity contribution < 1.29 is 0 Å². The highest BCUT2D eigenvalue weighted by atomic mass is 15.1. The maximum Gasteiger partial charge on any atom is 0.0347 e. The van der Waals surface area contributed by atoms with Crippen molar-refractivity contribution in [2.75, 3.05) is 25.4 Å². The van der Waals surface area contributed by atoms with E-state index in [4.69, 9.17) is 5.73 Å². The maximum absolute atomic E-state index is 5.89.